The summed E-state index contributed by atoms with van der Waals surface area (Å²) in [5.41, 5.74) is 4.76. The summed E-state index contributed by atoms with van der Waals surface area (Å²) in [6.07, 6.45) is 8.29. The van der Waals surface area contributed by atoms with Crippen molar-refractivity contribution in [3.63, 3.8) is 0 Å². The van der Waals surface area contributed by atoms with Gasteiger partial charge in [0.1, 0.15) is 5.69 Å². The first kappa shape index (κ1) is 26.3. The van der Waals surface area contributed by atoms with Gasteiger partial charge in [0.05, 0.1) is 33.1 Å². The number of piperazine rings is 1. The second-order valence-electron chi connectivity index (χ2n) is 8.92. The molecule has 200 valence electrons. The standard InChI is InChI=1S/C28H34N6O3S/c1-3-38-34-13-11-33(12-14-34)24-8-7-23-17-22(24)20-36-15-5-4-6-16-37-26-18-21(9-10-29-26)27-25(35-2)19-30-28(31-23)32-27/h4-5,7-10,17-19H,3,6,11-16,20H2,1-2H3,(H,30,31,32)/b5-4+. The lowest BCUT2D eigenvalue weighted by Crippen LogP contribution is -2.43. The molecule has 0 amide bonds. The number of aromatic nitrogens is 3. The molecule has 0 radical (unpaired) electrons. The summed E-state index contributed by atoms with van der Waals surface area (Å²) in [7, 11) is 1.62. The number of nitrogens with zero attached hydrogens (tertiary/aromatic N) is 5. The fourth-order valence-electron chi connectivity index (χ4n) is 4.53. The second-order valence-corrected chi connectivity index (χ2v) is 10.3. The smallest absolute Gasteiger partial charge is 0.227 e. The number of pyridine rings is 1. The Bertz CT molecular complexity index is 1250. The molecule has 1 aromatic carbocycles. The van der Waals surface area contributed by atoms with Gasteiger partial charge >= 0.3 is 0 Å². The lowest BCUT2D eigenvalue weighted by molar-refractivity contribution is 0.148. The Kier molecular flexibility index (Phi) is 8.95. The van der Waals surface area contributed by atoms with E-state index in [-0.39, 0.29) is 0 Å². The first-order valence-electron chi connectivity index (χ1n) is 13.0. The van der Waals surface area contributed by atoms with Gasteiger partial charge in [-0.25, -0.2) is 19.3 Å². The lowest BCUT2D eigenvalue weighted by atomic mass is 10.1. The first-order chi connectivity index (χ1) is 18.7. The molecule has 5 rings (SSSR count). The van der Waals surface area contributed by atoms with Gasteiger partial charge in [0, 0.05) is 66.7 Å². The maximum Gasteiger partial charge on any atom is 0.227 e. The Hall–Kier alpha value is -3.34. The fraction of sp³-hybridized carbons (Fsp3) is 0.393. The minimum atomic E-state index is 0.481. The highest BCUT2D eigenvalue weighted by atomic mass is 32.2. The highest BCUT2D eigenvalue weighted by Crippen LogP contribution is 2.32. The zero-order chi connectivity index (χ0) is 26.2. The van der Waals surface area contributed by atoms with Gasteiger partial charge in [-0.15, -0.1) is 0 Å². The Balaban J connectivity index is 1.45. The zero-order valence-corrected chi connectivity index (χ0v) is 22.7. The quantitative estimate of drug-likeness (QED) is 0.367. The van der Waals surface area contributed by atoms with Crippen LogP contribution in [0.5, 0.6) is 11.6 Å². The molecule has 2 aliphatic rings. The highest BCUT2D eigenvalue weighted by molar-refractivity contribution is 7.96. The van der Waals surface area contributed by atoms with Crippen molar-refractivity contribution in [2.45, 2.75) is 20.0 Å². The molecule has 0 spiro atoms. The maximum absolute atomic E-state index is 6.06. The number of hydrogen-bond acceptors (Lipinski definition) is 10. The molecule has 2 aliphatic heterocycles. The maximum atomic E-state index is 6.06. The Morgan fingerprint density at radius 2 is 1.97 bits per heavy atom. The van der Waals surface area contributed by atoms with Gasteiger partial charge in [-0.1, -0.05) is 31.0 Å². The highest BCUT2D eigenvalue weighted by Gasteiger charge is 2.20. The van der Waals surface area contributed by atoms with Crippen molar-refractivity contribution in [2.24, 2.45) is 0 Å². The van der Waals surface area contributed by atoms with E-state index in [4.69, 9.17) is 19.2 Å². The molecule has 1 N–H and O–H groups in total. The molecule has 1 saturated heterocycles. The molecule has 0 aliphatic carbocycles. The van der Waals surface area contributed by atoms with Crippen LogP contribution in [0.1, 0.15) is 18.9 Å². The predicted molar refractivity (Wildman–Crippen MR) is 152 cm³/mol. The van der Waals surface area contributed by atoms with Gasteiger partial charge in [0.15, 0.2) is 5.75 Å². The van der Waals surface area contributed by atoms with Crippen molar-refractivity contribution in [2.75, 3.05) is 62.5 Å². The van der Waals surface area contributed by atoms with Crippen LogP contribution in [0.15, 0.2) is 54.9 Å². The van der Waals surface area contributed by atoms with Crippen LogP contribution < -0.4 is 19.7 Å². The summed E-state index contributed by atoms with van der Waals surface area (Å²) < 4.78 is 19.9. The van der Waals surface area contributed by atoms with Crippen LogP contribution >= 0.6 is 11.9 Å². The molecule has 9 nitrogen and oxygen atoms in total. The fourth-order valence-corrected chi connectivity index (χ4v) is 5.32. The van der Waals surface area contributed by atoms with Gasteiger partial charge in [0.2, 0.25) is 11.8 Å². The van der Waals surface area contributed by atoms with Crippen LogP contribution in [0.3, 0.4) is 0 Å². The Morgan fingerprint density at radius 3 is 2.82 bits per heavy atom. The summed E-state index contributed by atoms with van der Waals surface area (Å²) in [5.74, 6) is 2.71. The second kappa shape index (κ2) is 12.9. The molecule has 10 heteroatoms. The first-order valence-corrected chi connectivity index (χ1v) is 13.9. The molecule has 3 aromatic rings. The molecule has 0 atom stereocenters. The van der Waals surface area contributed by atoms with Crippen molar-refractivity contribution in [3.8, 4) is 22.9 Å². The van der Waals surface area contributed by atoms with Gasteiger partial charge in [-0.05, 0) is 30.7 Å². The third-order valence-electron chi connectivity index (χ3n) is 6.38. The van der Waals surface area contributed by atoms with Crippen LogP contribution in [0.25, 0.3) is 11.3 Å². The predicted octanol–water partition coefficient (Wildman–Crippen LogP) is 4.94. The summed E-state index contributed by atoms with van der Waals surface area (Å²) in [5, 5.41) is 3.38. The van der Waals surface area contributed by atoms with Crippen molar-refractivity contribution >= 4 is 29.3 Å². The van der Waals surface area contributed by atoms with Crippen LogP contribution in [-0.2, 0) is 11.3 Å². The summed E-state index contributed by atoms with van der Waals surface area (Å²) in [6.45, 7) is 7.85. The molecule has 4 heterocycles. The Labute approximate surface area is 228 Å². The number of methoxy groups -OCH3 is 1. The normalized spacial score (nSPS) is 17.5. The number of rotatable bonds is 4. The number of anilines is 3. The lowest BCUT2D eigenvalue weighted by Gasteiger charge is -2.36. The summed E-state index contributed by atoms with van der Waals surface area (Å²) >= 11 is 1.92. The molecule has 1 fully saturated rings. The van der Waals surface area contributed by atoms with E-state index in [0.717, 1.165) is 55.2 Å². The van der Waals surface area contributed by atoms with E-state index in [0.29, 0.717) is 43.1 Å². The number of nitrogens with one attached hydrogen (secondary N) is 1. The average molecular weight is 535 g/mol. The van der Waals surface area contributed by atoms with Gasteiger partial charge in [0.25, 0.3) is 0 Å². The van der Waals surface area contributed by atoms with Crippen LogP contribution in [0.4, 0.5) is 17.3 Å². The minimum absolute atomic E-state index is 0.481. The molecule has 0 unspecified atom stereocenters. The minimum Gasteiger partial charge on any atom is -0.493 e. The van der Waals surface area contributed by atoms with Gasteiger partial charge in [-0.2, -0.15) is 0 Å². The van der Waals surface area contributed by atoms with E-state index in [1.807, 2.05) is 30.2 Å². The number of hydrogen-bond donors (Lipinski definition) is 1. The summed E-state index contributed by atoms with van der Waals surface area (Å²) in [6, 6.07) is 10.2. The van der Waals surface area contributed by atoms with E-state index < -0.39 is 0 Å². The molecule has 0 saturated carbocycles. The molecule has 6 bridgehead atoms. The Morgan fingerprint density at radius 1 is 1.08 bits per heavy atom. The van der Waals surface area contributed by atoms with Crippen molar-refractivity contribution in [1.82, 2.24) is 19.3 Å². The van der Waals surface area contributed by atoms with Crippen molar-refractivity contribution in [3.05, 3.63) is 60.4 Å². The third-order valence-corrected chi connectivity index (χ3v) is 7.37. The molecular weight excluding hydrogens is 500 g/mol. The molecule has 2 aromatic heterocycles. The van der Waals surface area contributed by atoms with Crippen molar-refractivity contribution < 1.29 is 14.2 Å². The number of ether oxygens (including phenoxy) is 3. The van der Waals surface area contributed by atoms with E-state index in [2.05, 4.69) is 55.7 Å². The SMILES string of the molecule is CCSN1CCN(c2ccc3cc2COC/C=C/CCOc2cc(ccn2)-c2nc(ncc2OC)N3)CC1. The van der Waals surface area contributed by atoms with Crippen LogP contribution in [-0.4, -0.2) is 71.5 Å². The summed E-state index contributed by atoms with van der Waals surface area (Å²) in [4.78, 5) is 16.1. The topological polar surface area (TPSA) is 84.9 Å². The number of benzene rings is 1. The van der Waals surface area contributed by atoms with Crippen LogP contribution in [0, 0.1) is 0 Å². The van der Waals surface area contributed by atoms with E-state index >= 15 is 0 Å². The van der Waals surface area contributed by atoms with Crippen molar-refractivity contribution in [1.29, 1.82) is 0 Å². The van der Waals surface area contributed by atoms with Crippen LogP contribution in [0.2, 0.25) is 0 Å². The van der Waals surface area contributed by atoms with E-state index in [1.54, 1.807) is 19.5 Å². The van der Waals surface area contributed by atoms with Gasteiger partial charge in [-0.3, -0.25) is 0 Å². The number of fused-ring (bicyclic) bond motifs is 7. The van der Waals surface area contributed by atoms with Gasteiger partial charge < -0.3 is 24.4 Å². The monoisotopic (exact) mass is 534 g/mol. The zero-order valence-electron chi connectivity index (χ0n) is 21.9. The molecule has 38 heavy (non-hydrogen) atoms. The van der Waals surface area contributed by atoms with E-state index in [1.165, 1.54) is 5.69 Å². The van der Waals surface area contributed by atoms with E-state index in [9.17, 15) is 0 Å². The molecular formula is C28H34N6O3S. The largest absolute Gasteiger partial charge is 0.493 e. The third kappa shape index (κ3) is 6.56. The average Bonchev–Trinajstić information content (AvgIpc) is 2.95.